The summed E-state index contributed by atoms with van der Waals surface area (Å²) in [6.07, 6.45) is 2.59. The molecule has 0 aliphatic carbocycles. The van der Waals surface area contributed by atoms with Crippen molar-refractivity contribution in [2.75, 3.05) is 18.5 Å². The lowest BCUT2D eigenvalue weighted by atomic mass is 10.2. The molecule has 0 heterocycles. The van der Waals surface area contributed by atoms with Gasteiger partial charge in [0.1, 0.15) is 0 Å². The maximum atomic E-state index is 11.8. The highest BCUT2D eigenvalue weighted by Gasteiger charge is 2.09. The van der Waals surface area contributed by atoms with E-state index in [2.05, 4.69) is 33.2 Å². The van der Waals surface area contributed by atoms with Crippen LogP contribution >= 0.6 is 22.6 Å². The Balaban J connectivity index is 2.17. The molecule has 2 amide bonds. The molecule has 1 aromatic carbocycles. The highest BCUT2D eigenvalue weighted by molar-refractivity contribution is 14.1. The molecule has 0 unspecified atom stereocenters. The van der Waals surface area contributed by atoms with E-state index in [1.165, 1.54) is 6.92 Å². The molecule has 24 heavy (non-hydrogen) atoms. The fraction of sp³-hybridized carbons (Fsp3) is 0.471. The van der Waals surface area contributed by atoms with Crippen LogP contribution in [-0.2, 0) is 19.1 Å². The van der Waals surface area contributed by atoms with E-state index in [-0.39, 0.29) is 30.8 Å². The zero-order valence-electron chi connectivity index (χ0n) is 14.0. The standard InChI is InChI=1S/C17H23IN2O4/c1-12-10-14(18)7-8-15(12)20-16(22)11-24-17(23)6-4-3-5-9-19-13(2)21/h7-8,10H,3-6,9,11H2,1-2H3,(H,19,21)(H,20,22). The van der Waals surface area contributed by atoms with Gasteiger partial charge >= 0.3 is 5.97 Å². The van der Waals surface area contributed by atoms with E-state index in [1.54, 1.807) is 0 Å². The van der Waals surface area contributed by atoms with Gasteiger partial charge in [0.25, 0.3) is 5.91 Å². The van der Waals surface area contributed by atoms with Crippen molar-refractivity contribution in [1.29, 1.82) is 0 Å². The number of nitrogens with one attached hydrogen (secondary N) is 2. The van der Waals surface area contributed by atoms with Crippen molar-refractivity contribution in [2.24, 2.45) is 0 Å². The van der Waals surface area contributed by atoms with E-state index >= 15 is 0 Å². The zero-order valence-corrected chi connectivity index (χ0v) is 16.1. The second kappa shape index (κ2) is 11.0. The third kappa shape index (κ3) is 8.85. The average molecular weight is 446 g/mol. The number of carbonyl (C=O) groups is 3. The highest BCUT2D eigenvalue weighted by Crippen LogP contribution is 2.17. The van der Waals surface area contributed by atoms with Gasteiger partial charge < -0.3 is 15.4 Å². The Bertz CT molecular complexity index is 590. The number of hydrogen-bond acceptors (Lipinski definition) is 4. The number of amides is 2. The van der Waals surface area contributed by atoms with E-state index in [9.17, 15) is 14.4 Å². The van der Waals surface area contributed by atoms with Crippen LogP contribution in [0.1, 0.15) is 38.2 Å². The predicted octanol–water partition coefficient (Wildman–Crippen LogP) is 2.78. The number of ether oxygens (including phenoxy) is 1. The Morgan fingerprint density at radius 2 is 1.92 bits per heavy atom. The lowest BCUT2D eigenvalue weighted by Crippen LogP contribution is -2.21. The molecule has 6 nitrogen and oxygen atoms in total. The van der Waals surface area contributed by atoms with E-state index in [4.69, 9.17) is 4.74 Å². The normalized spacial score (nSPS) is 10.1. The first-order chi connectivity index (χ1) is 11.4. The van der Waals surface area contributed by atoms with Crippen molar-refractivity contribution in [1.82, 2.24) is 5.32 Å². The van der Waals surface area contributed by atoms with Gasteiger partial charge in [0.15, 0.2) is 6.61 Å². The van der Waals surface area contributed by atoms with Crippen LogP contribution in [0.2, 0.25) is 0 Å². The number of halogens is 1. The predicted molar refractivity (Wildman–Crippen MR) is 101 cm³/mol. The minimum atomic E-state index is -0.385. The molecule has 0 bridgehead atoms. The van der Waals surface area contributed by atoms with Crippen molar-refractivity contribution >= 4 is 46.1 Å². The van der Waals surface area contributed by atoms with Crippen LogP contribution in [-0.4, -0.2) is 30.9 Å². The lowest BCUT2D eigenvalue weighted by molar-refractivity contribution is -0.147. The summed E-state index contributed by atoms with van der Waals surface area (Å²) >= 11 is 2.20. The Hall–Kier alpha value is -1.64. The summed E-state index contributed by atoms with van der Waals surface area (Å²) < 4.78 is 6.05. The number of carbonyl (C=O) groups excluding carboxylic acids is 3. The fourth-order valence-electron chi connectivity index (χ4n) is 2.01. The summed E-state index contributed by atoms with van der Waals surface area (Å²) in [7, 11) is 0. The molecule has 132 valence electrons. The first kappa shape index (κ1) is 20.4. The van der Waals surface area contributed by atoms with E-state index in [1.807, 2.05) is 25.1 Å². The van der Waals surface area contributed by atoms with Crippen molar-refractivity contribution < 1.29 is 19.1 Å². The molecule has 0 fully saturated rings. The molecule has 0 aliphatic heterocycles. The molecule has 0 saturated carbocycles. The lowest BCUT2D eigenvalue weighted by Gasteiger charge is -2.09. The molecule has 0 aliphatic rings. The van der Waals surface area contributed by atoms with Gasteiger partial charge in [0.05, 0.1) is 0 Å². The topological polar surface area (TPSA) is 84.5 Å². The van der Waals surface area contributed by atoms with Crippen LogP contribution in [0.3, 0.4) is 0 Å². The van der Waals surface area contributed by atoms with Gasteiger partial charge in [-0.25, -0.2) is 0 Å². The molecule has 0 atom stereocenters. The highest BCUT2D eigenvalue weighted by atomic mass is 127. The van der Waals surface area contributed by atoms with E-state index in [0.29, 0.717) is 13.0 Å². The van der Waals surface area contributed by atoms with Crippen molar-refractivity contribution in [3.8, 4) is 0 Å². The first-order valence-corrected chi connectivity index (χ1v) is 8.92. The maximum absolute atomic E-state index is 11.8. The van der Waals surface area contributed by atoms with Crippen molar-refractivity contribution in [2.45, 2.75) is 39.5 Å². The number of unbranched alkanes of at least 4 members (excludes halogenated alkanes) is 2. The number of esters is 1. The molecule has 7 heteroatoms. The van der Waals surface area contributed by atoms with Gasteiger partial charge in [-0.3, -0.25) is 14.4 Å². The maximum Gasteiger partial charge on any atom is 0.306 e. The van der Waals surface area contributed by atoms with E-state index < -0.39 is 0 Å². The van der Waals surface area contributed by atoms with Crippen molar-refractivity contribution in [3.63, 3.8) is 0 Å². The SMILES string of the molecule is CC(=O)NCCCCCC(=O)OCC(=O)Nc1ccc(I)cc1C. The fourth-order valence-corrected chi connectivity index (χ4v) is 2.65. The number of hydrogen-bond donors (Lipinski definition) is 2. The van der Waals surface area contributed by atoms with Crippen LogP contribution < -0.4 is 10.6 Å². The Morgan fingerprint density at radius 1 is 1.17 bits per heavy atom. The number of anilines is 1. The van der Waals surface area contributed by atoms with Gasteiger partial charge in [-0.1, -0.05) is 6.42 Å². The summed E-state index contributed by atoms with van der Waals surface area (Å²) in [5.41, 5.74) is 1.68. The second-order valence-corrected chi connectivity index (χ2v) is 6.71. The largest absolute Gasteiger partial charge is 0.456 e. The summed E-state index contributed by atoms with van der Waals surface area (Å²) in [6.45, 7) is 3.71. The molecule has 2 N–H and O–H groups in total. The molecule has 1 rings (SSSR count). The van der Waals surface area contributed by atoms with Gasteiger partial charge in [-0.2, -0.15) is 0 Å². The summed E-state index contributed by atoms with van der Waals surface area (Å²) in [4.78, 5) is 34.1. The van der Waals surface area contributed by atoms with E-state index in [0.717, 1.165) is 27.7 Å². The second-order valence-electron chi connectivity index (χ2n) is 5.46. The van der Waals surface area contributed by atoms with Crippen LogP contribution in [0.4, 0.5) is 5.69 Å². The summed E-state index contributed by atoms with van der Waals surface area (Å²) in [5, 5.41) is 5.42. The van der Waals surface area contributed by atoms with Crippen LogP contribution in [0.25, 0.3) is 0 Å². The zero-order chi connectivity index (χ0) is 17.9. The molecule has 1 aromatic rings. The van der Waals surface area contributed by atoms with Crippen molar-refractivity contribution in [3.05, 3.63) is 27.3 Å². The average Bonchev–Trinajstić information content (AvgIpc) is 2.51. The molecule has 0 saturated heterocycles. The monoisotopic (exact) mass is 446 g/mol. The minimum absolute atomic E-state index is 0.0520. The molecule has 0 spiro atoms. The molecule has 0 radical (unpaired) electrons. The first-order valence-electron chi connectivity index (χ1n) is 7.84. The summed E-state index contributed by atoms with van der Waals surface area (Å²) in [5.74, 6) is -0.786. The summed E-state index contributed by atoms with van der Waals surface area (Å²) in [6, 6.07) is 5.69. The van der Waals surface area contributed by atoms with Gasteiger partial charge in [0, 0.05) is 29.1 Å². The third-order valence-electron chi connectivity index (χ3n) is 3.26. The van der Waals surface area contributed by atoms with Crippen LogP contribution in [0.15, 0.2) is 18.2 Å². The smallest absolute Gasteiger partial charge is 0.306 e. The molecular weight excluding hydrogens is 423 g/mol. The Labute approximate surface area is 155 Å². The van der Waals surface area contributed by atoms with Crippen LogP contribution in [0, 0.1) is 10.5 Å². The Morgan fingerprint density at radius 3 is 2.58 bits per heavy atom. The molecular formula is C17H23IN2O4. The number of aryl methyl sites for hydroxylation is 1. The number of rotatable bonds is 9. The third-order valence-corrected chi connectivity index (χ3v) is 3.93. The van der Waals surface area contributed by atoms with Gasteiger partial charge in [0.2, 0.25) is 5.91 Å². The Kier molecular flexibility index (Phi) is 9.36. The number of benzene rings is 1. The minimum Gasteiger partial charge on any atom is -0.456 e. The van der Waals surface area contributed by atoms with Gasteiger partial charge in [-0.05, 0) is 66.1 Å². The van der Waals surface area contributed by atoms with Gasteiger partial charge in [-0.15, -0.1) is 0 Å². The quantitative estimate of drug-likeness (QED) is 0.347. The molecule has 0 aromatic heterocycles. The van der Waals surface area contributed by atoms with Crippen LogP contribution in [0.5, 0.6) is 0 Å².